The fourth-order valence-corrected chi connectivity index (χ4v) is 4.50. The molecule has 1 saturated carbocycles. The molecule has 3 rings (SSSR count). The van der Waals surface area contributed by atoms with Crippen LogP contribution in [0.4, 0.5) is 0 Å². The number of aromatic nitrogens is 2. The predicted molar refractivity (Wildman–Crippen MR) is 107 cm³/mol. The Morgan fingerprint density at radius 3 is 1.85 bits per heavy atom. The fourth-order valence-electron chi connectivity index (χ4n) is 4.50. The maximum absolute atomic E-state index is 9.81. The quantitative estimate of drug-likeness (QED) is 0.785. The van der Waals surface area contributed by atoms with Crippen LogP contribution in [0.3, 0.4) is 0 Å². The first-order valence-electron chi connectivity index (χ1n) is 10.5. The Labute approximate surface area is 170 Å². The molecule has 3 nitrogen and oxygen atoms in total. The SMILES string of the molecule is Cc1cc(O)cc(C)c1-n1cc[n+](C2CCCCCCCCCCC2)c1.[Cl-]. The normalized spacial score (nSPS) is 17.6. The maximum Gasteiger partial charge on any atom is 0.249 e. The summed E-state index contributed by atoms with van der Waals surface area (Å²) in [6.07, 6.45) is 21.8. The van der Waals surface area contributed by atoms with Gasteiger partial charge in [0.05, 0.1) is 0 Å². The Morgan fingerprint density at radius 1 is 0.852 bits per heavy atom. The number of nitrogens with zero attached hydrogens (tertiary/aromatic N) is 2. The van der Waals surface area contributed by atoms with Gasteiger partial charge in [0, 0.05) is 11.1 Å². The molecule has 0 radical (unpaired) electrons. The largest absolute Gasteiger partial charge is 1.00 e. The van der Waals surface area contributed by atoms with Crippen LogP contribution in [0, 0.1) is 13.8 Å². The van der Waals surface area contributed by atoms with E-state index in [2.05, 4.69) is 41.7 Å². The third-order valence-corrected chi connectivity index (χ3v) is 5.89. The molecular formula is C23H35ClN2O. The van der Waals surface area contributed by atoms with Gasteiger partial charge in [-0.15, -0.1) is 0 Å². The molecule has 0 bridgehead atoms. The molecule has 1 aliphatic carbocycles. The van der Waals surface area contributed by atoms with Gasteiger partial charge in [-0.25, -0.2) is 9.13 Å². The molecule has 1 aromatic heterocycles. The van der Waals surface area contributed by atoms with Gasteiger partial charge in [-0.05, 0) is 51.7 Å². The highest BCUT2D eigenvalue weighted by molar-refractivity contribution is 5.50. The lowest BCUT2D eigenvalue weighted by atomic mass is 9.98. The number of aryl methyl sites for hydroxylation is 2. The number of phenols is 1. The number of halogens is 1. The van der Waals surface area contributed by atoms with Crippen molar-refractivity contribution in [2.75, 3.05) is 0 Å². The van der Waals surface area contributed by atoms with Crippen molar-refractivity contribution in [1.29, 1.82) is 0 Å². The first kappa shape index (κ1) is 21.8. The number of benzene rings is 1. The molecule has 2 aromatic rings. The number of phenolic OH excluding ortho intramolecular Hbond substituents is 1. The van der Waals surface area contributed by atoms with E-state index in [1.807, 2.05) is 12.1 Å². The molecule has 0 saturated heterocycles. The molecule has 150 valence electrons. The van der Waals surface area contributed by atoms with Crippen molar-refractivity contribution < 1.29 is 22.1 Å². The fraction of sp³-hybridized carbons (Fsp3) is 0.609. The predicted octanol–water partition coefficient (Wildman–Crippen LogP) is 2.94. The molecule has 4 heteroatoms. The van der Waals surface area contributed by atoms with Crippen LogP contribution < -0.4 is 17.0 Å². The minimum absolute atomic E-state index is 0. The summed E-state index contributed by atoms with van der Waals surface area (Å²) in [7, 11) is 0. The van der Waals surface area contributed by atoms with Gasteiger partial charge in [-0.3, -0.25) is 0 Å². The molecule has 0 aliphatic heterocycles. The van der Waals surface area contributed by atoms with E-state index in [4.69, 9.17) is 0 Å². The molecule has 27 heavy (non-hydrogen) atoms. The summed E-state index contributed by atoms with van der Waals surface area (Å²) in [5.41, 5.74) is 3.42. The minimum atomic E-state index is 0. The van der Waals surface area contributed by atoms with Gasteiger partial charge >= 0.3 is 0 Å². The van der Waals surface area contributed by atoms with E-state index in [0.717, 1.165) is 11.1 Å². The molecule has 0 atom stereocenters. The van der Waals surface area contributed by atoms with Crippen molar-refractivity contribution in [2.45, 2.75) is 90.5 Å². The summed E-state index contributed by atoms with van der Waals surface area (Å²) in [4.78, 5) is 0. The van der Waals surface area contributed by atoms with Gasteiger partial charge in [0.2, 0.25) is 6.33 Å². The van der Waals surface area contributed by atoms with Crippen molar-refractivity contribution in [3.63, 3.8) is 0 Å². The van der Waals surface area contributed by atoms with Crippen molar-refractivity contribution in [3.8, 4) is 11.4 Å². The topological polar surface area (TPSA) is 29.0 Å². The van der Waals surface area contributed by atoms with Crippen molar-refractivity contribution in [2.24, 2.45) is 0 Å². The molecule has 1 aliphatic rings. The summed E-state index contributed by atoms with van der Waals surface area (Å²) in [5.74, 6) is 0.350. The van der Waals surface area contributed by atoms with E-state index in [-0.39, 0.29) is 12.4 Å². The van der Waals surface area contributed by atoms with E-state index >= 15 is 0 Å². The number of aromatic hydroxyl groups is 1. The third kappa shape index (κ3) is 6.00. The Morgan fingerprint density at radius 2 is 1.33 bits per heavy atom. The van der Waals surface area contributed by atoms with Crippen LogP contribution in [-0.4, -0.2) is 9.67 Å². The van der Waals surface area contributed by atoms with E-state index in [1.54, 1.807) is 0 Å². The van der Waals surface area contributed by atoms with E-state index in [0.29, 0.717) is 11.8 Å². The second-order valence-electron chi connectivity index (χ2n) is 8.11. The van der Waals surface area contributed by atoms with Crippen LogP contribution in [0.25, 0.3) is 5.69 Å². The van der Waals surface area contributed by atoms with Crippen LogP contribution in [0.5, 0.6) is 5.75 Å². The van der Waals surface area contributed by atoms with E-state index < -0.39 is 0 Å². The lowest BCUT2D eigenvalue weighted by molar-refractivity contribution is -0.723. The zero-order valence-corrected chi connectivity index (χ0v) is 17.7. The van der Waals surface area contributed by atoms with Crippen molar-refractivity contribution in [1.82, 2.24) is 4.57 Å². The van der Waals surface area contributed by atoms with Gasteiger partial charge in [-0.1, -0.05) is 44.9 Å². The summed E-state index contributed by atoms with van der Waals surface area (Å²) >= 11 is 0. The summed E-state index contributed by atoms with van der Waals surface area (Å²) in [6.45, 7) is 4.14. The second kappa shape index (κ2) is 10.8. The first-order valence-corrected chi connectivity index (χ1v) is 10.5. The number of hydrogen-bond donors (Lipinski definition) is 1. The van der Waals surface area contributed by atoms with Gasteiger partial charge < -0.3 is 17.5 Å². The highest BCUT2D eigenvalue weighted by Crippen LogP contribution is 2.25. The third-order valence-electron chi connectivity index (χ3n) is 5.89. The molecule has 0 spiro atoms. The standard InChI is InChI=1S/C23H34N2O.ClH/c1-19-16-22(26)17-20(2)23(19)25-15-14-24(18-25)21-12-10-8-6-4-3-5-7-9-11-13-21;/h14-18,21H,3-13H2,1-2H3;1H. The lowest BCUT2D eigenvalue weighted by Crippen LogP contribution is -3.00. The zero-order chi connectivity index (χ0) is 18.4. The van der Waals surface area contributed by atoms with Crippen molar-refractivity contribution >= 4 is 0 Å². The zero-order valence-electron chi connectivity index (χ0n) is 17.0. The van der Waals surface area contributed by atoms with Crippen LogP contribution in [0.1, 0.15) is 87.8 Å². The first-order chi connectivity index (χ1) is 12.6. The molecule has 0 unspecified atom stereocenters. The Balaban J connectivity index is 0.00000261. The average molecular weight is 391 g/mol. The van der Waals surface area contributed by atoms with Crippen LogP contribution >= 0.6 is 0 Å². The summed E-state index contributed by atoms with van der Waals surface area (Å²) < 4.78 is 4.65. The Hall–Kier alpha value is -1.48. The average Bonchev–Trinajstić information content (AvgIpc) is 3.04. The number of imidazole rings is 1. The van der Waals surface area contributed by atoms with Crippen LogP contribution in [0.15, 0.2) is 30.9 Å². The van der Waals surface area contributed by atoms with E-state index in [9.17, 15) is 5.11 Å². The molecular weight excluding hydrogens is 356 g/mol. The molecule has 0 amide bonds. The van der Waals surface area contributed by atoms with Crippen LogP contribution in [0.2, 0.25) is 0 Å². The monoisotopic (exact) mass is 390 g/mol. The Kier molecular flexibility index (Phi) is 8.69. The van der Waals surface area contributed by atoms with Crippen LogP contribution in [-0.2, 0) is 0 Å². The highest BCUT2D eigenvalue weighted by atomic mass is 35.5. The van der Waals surface area contributed by atoms with Gasteiger partial charge in [0.15, 0.2) is 0 Å². The minimum Gasteiger partial charge on any atom is -1.00 e. The summed E-state index contributed by atoms with van der Waals surface area (Å²) in [6, 6.07) is 4.32. The van der Waals surface area contributed by atoms with Gasteiger partial charge in [0.1, 0.15) is 29.9 Å². The maximum atomic E-state index is 9.81. The molecule has 1 fully saturated rings. The Bertz CT molecular complexity index is 675. The second-order valence-corrected chi connectivity index (χ2v) is 8.11. The van der Waals surface area contributed by atoms with Gasteiger partial charge in [0.25, 0.3) is 0 Å². The molecule has 1 N–H and O–H groups in total. The highest BCUT2D eigenvalue weighted by Gasteiger charge is 2.19. The molecule has 1 heterocycles. The van der Waals surface area contributed by atoms with Gasteiger partial charge in [-0.2, -0.15) is 0 Å². The number of rotatable bonds is 2. The summed E-state index contributed by atoms with van der Waals surface area (Å²) in [5, 5.41) is 9.81. The smallest absolute Gasteiger partial charge is 0.249 e. The molecule has 1 aromatic carbocycles. The van der Waals surface area contributed by atoms with Crippen molar-refractivity contribution in [3.05, 3.63) is 42.0 Å². The number of hydrogen-bond acceptors (Lipinski definition) is 1. The lowest BCUT2D eigenvalue weighted by Gasteiger charge is -2.15. The van der Waals surface area contributed by atoms with E-state index in [1.165, 1.54) is 76.3 Å².